The van der Waals surface area contributed by atoms with Crippen LogP contribution >= 0.6 is 0 Å². The van der Waals surface area contributed by atoms with E-state index in [-0.39, 0.29) is 11.1 Å². The van der Waals surface area contributed by atoms with Crippen LogP contribution in [0.15, 0.2) is 41.5 Å². The van der Waals surface area contributed by atoms with Gasteiger partial charge in [-0.1, -0.05) is 23.4 Å². The van der Waals surface area contributed by atoms with Crippen LogP contribution in [0.5, 0.6) is 0 Å². The maximum absolute atomic E-state index is 12.7. The molecule has 3 aromatic heterocycles. The molecule has 0 atom stereocenters. The van der Waals surface area contributed by atoms with Gasteiger partial charge in [-0.15, -0.1) is 5.10 Å². The monoisotopic (exact) mass is 336 g/mol. The summed E-state index contributed by atoms with van der Waals surface area (Å²) in [5.74, 6) is 0. The van der Waals surface area contributed by atoms with Gasteiger partial charge < -0.3 is 0 Å². The van der Waals surface area contributed by atoms with Crippen LogP contribution in [-0.2, 0) is 13.1 Å². The summed E-state index contributed by atoms with van der Waals surface area (Å²) in [7, 11) is 0. The Labute approximate surface area is 142 Å². The minimum Gasteiger partial charge on any atom is -0.291 e. The minimum atomic E-state index is -0.252. The lowest BCUT2D eigenvalue weighted by Crippen LogP contribution is -2.22. The Kier molecular flexibility index (Phi) is 3.60. The SMILES string of the molecule is CCn1nc(C)c(Cn2cnc3c(nnn3-c3ccccc3)c2=O)n1. The number of para-hydroxylation sites is 1. The normalized spacial score (nSPS) is 11.3. The van der Waals surface area contributed by atoms with Gasteiger partial charge in [0, 0.05) is 0 Å². The Hall–Kier alpha value is -3.36. The first-order chi connectivity index (χ1) is 12.2. The van der Waals surface area contributed by atoms with Crippen molar-refractivity contribution in [3.8, 4) is 5.69 Å². The lowest BCUT2D eigenvalue weighted by Gasteiger charge is -2.04. The molecule has 0 unspecified atom stereocenters. The molecule has 0 bridgehead atoms. The molecule has 4 rings (SSSR count). The molecule has 0 saturated heterocycles. The zero-order valence-corrected chi connectivity index (χ0v) is 13.9. The fourth-order valence-electron chi connectivity index (χ4n) is 2.61. The summed E-state index contributed by atoms with van der Waals surface area (Å²) in [6, 6.07) is 9.46. The lowest BCUT2D eigenvalue weighted by atomic mass is 10.3. The predicted molar refractivity (Wildman–Crippen MR) is 90.5 cm³/mol. The molecule has 9 heteroatoms. The number of aryl methyl sites for hydroxylation is 2. The highest BCUT2D eigenvalue weighted by atomic mass is 16.1. The summed E-state index contributed by atoms with van der Waals surface area (Å²) < 4.78 is 3.03. The maximum Gasteiger partial charge on any atom is 0.283 e. The van der Waals surface area contributed by atoms with Crippen molar-refractivity contribution in [3.05, 3.63) is 58.4 Å². The van der Waals surface area contributed by atoms with Gasteiger partial charge in [0.25, 0.3) is 5.56 Å². The van der Waals surface area contributed by atoms with E-state index in [1.165, 1.54) is 10.9 Å². The highest BCUT2D eigenvalue weighted by molar-refractivity contribution is 5.70. The maximum atomic E-state index is 12.7. The van der Waals surface area contributed by atoms with Crippen LogP contribution in [0.4, 0.5) is 0 Å². The van der Waals surface area contributed by atoms with Crippen molar-refractivity contribution < 1.29 is 0 Å². The van der Waals surface area contributed by atoms with Gasteiger partial charge in [-0.25, -0.2) is 4.98 Å². The van der Waals surface area contributed by atoms with Crippen molar-refractivity contribution >= 4 is 11.2 Å². The largest absolute Gasteiger partial charge is 0.291 e. The standard InChI is InChI=1S/C16H16N8O/c1-3-23-19-11(2)13(20-23)9-22-10-17-15-14(16(22)25)18-21-24(15)12-7-5-4-6-8-12/h4-8,10H,3,9H2,1-2H3. The topological polar surface area (TPSA) is 96.3 Å². The van der Waals surface area contributed by atoms with E-state index < -0.39 is 0 Å². The van der Waals surface area contributed by atoms with E-state index in [2.05, 4.69) is 25.5 Å². The number of aromatic nitrogens is 8. The van der Waals surface area contributed by atoms with Gasteiger partial charge in [0.2, 0.25) is 0 Å². The number of benzene rings is 1. The molecule has 0 aliphatic rings. The summed E-state index contributed by atoms with van der Waals surface area (Å²) in [6.07, 6.45) is 1.50. The van der Waals surface area contributed by atoms with Crippen LogP contribution < -0.4 is 5.56 Å². The fraction of sp³-hybridized carbons (Fsp3) is 0.250. The molecular weight excluding hydrogens is 320 g/mol. The summed E-state index contributed by atoms with van der Waals surface area (Å²) in [5, 5.41) is 16.8. The van der Waals surface area contributed by atoms with Gasteiger partial charge in [0.05, 0.1) is 24.5 Å². The van der Waals surface area contributed by atoms with Crippen molar-refractivity contribution in [1.82, 2.24) is 39.5 Å². The van der Waals surface area contributed by atoms with Crippen molar-refractivity contribution in [1.29, 1.82) is 0 Å². The first kappa shape index (κ1) is 15.2. The molecule has 1 aromatic carbocycles. The van der Waals surface area contributed by atoms with Crippen molar-refractivity contribution in [2.24, 2.45) is 0 Å². The third-order valence-electron chi connectivity index (χ3n) is 3.95. The zero-order chi connectivity index (χ0) is 17.4. The third-order valence-corrected chi connectivity index (χ3v) is 3.95. The van der Waals surface area contributed by atoms with Gasteiger partial charge in [-0.3, -0.25) is 9.36 Å². The molecule has 3 heterocycles. The van der Waals surface area contributed by atoms with E-state index in [4.69, 9.17) is 0 Å². The van der Waals surface area contributed by atoms with Crippen LogP contribution in [0.1, 0.15) is 18.3 Å². The van der Waals surface area contributed by atoms with Gasteiger partial charge in [-0.2, -0.15) is 19.7 Å². The molecule has 0 aliphatic heterocycles. The Balaban J connectivity index is 1.76. The summed E-state index contributed by atoms with van der Waals surface area (Å²) in [6.45, 7) is 4.81. The van der Waals surface area contributed by atoms with Crippen LogP contribution in [-0.4, -0.2) is 39.5 Å². The highest BCUT2D eigenvalue weighted by Gasteiger charge is 2.15. The fourth-order valence-corrected chi connectivity index (χ4v) is 2.61. The summed E-state index contributed by atoms with van der Waals surface area (Å²) >= 11 is 0. The first-order valence-electron chi connectivity index (χ1n) is 7.94. The average molecular weight is 336 g/mol. The molecule has 0 aliphatic carbocycles. The Morgan fingerprint density at radius 1 is 1.12 bits per heavy atom. The number of fused-ring (bicyclic) bond motifs is 1. The minimum absolute atomic E-state index is 0.229. The zero-order valence-electron chi connectivity index (χ0n) is 13.9. The molecule has 0 radical (unpaired) electrons. The number of hydrogen-bond acceptors (Lipinski definition) is 6. The van der Waals surface area contributed by atoms with Crippen LogP contribution in [0.2, 0.25) is 0 Å². The smallest absolute Gasteiger partial charge is 0.283 e. The van der Waals surface area contributed by atoms with Gasteiger partial charge in [0.1, 0.15) is 12.0 Å². The van der Waals surface area contributed by atoms with Gasteiger partial charge in [0.15, 0.2) is 11.2 Å². The second-order valence-electron chi connectivity index (χ2n) is 5.61. The highest BCUT2D eigenvalue weighted by Crippen LogP contribution is 2.11. The molecular formula is C16H16N8O. The van der Waals surface area contributed by atoms with Gasteiger partial charge >= 0.3 is 0 Å². The van der Waals surface area contributed by atoms with Crippen molar-refractivity contribution in [2.45, 2.75) is 26.9 Å². The molecule has 0 saturated carbocycles. The number of nitrogens with zero attached hydrogens (tertiary/aromatic N) is 8. The van der Waals surface area contributed by atoms with E-state index in [1.54, 1.807) is 9.48 Å². The second kappa shape index (κ2) is 5.93. The second-order valence-corrected chi connectivity index (χ2v) is 5.61. The van der Waals surface area contributed by atoms with E-state index >= 15 is 0 Å². The quantitative estimate of drug-likeness (QED) is 0.550. The van der Waals surface area contributed by atoms with Crippen molar-refractivity contribution in [2.75, 3.05) is 0 Å². The molecule has 0 N–H and O–H groups in total. The molecule has 0 amide bonds. The molecule has 0 spiro atoms. The van der Waals surface area contributed by atoms with Crippen LogP contribution in [0.25, 0.3) is 16.9 Å². The first-order valence-corrected chi connectivity index (χ1v) is 7.94. The molecule has 0 fully saturated rings. The van der Waals surface area contributed by atoms with Gasteiger partial charge in [-0.05, 0) is 26.0 Å². The Bertz CT molecular complexity index is 1090. The van der Waals surface area contributed by atoms with E-state index in [0.717, 1.165) is 17.1 Å². The molecule has 9 nitrogen and oxygen atoms in total. The van der Waals surface area contributed by atoms with E-state index in [1.807, 2.05) is 44.2 Å². The van der Waals surface area contributed by atoms with Crippen LogP contribution in [0, 0.1) is 6.92 Å². The third kappa shape index (κ3) is 2.59. The van der Waals surface area contributed by atoms with E-state index in [9.17, 15) is 4.79 Å². The predicted octanol–water partition coefficient (Wildman–Crippen LogP) is 0.945. The molecule has 4 aromatic rings. The molecule has 25 heavy (non-hydrogen) atoms. The Morgan fingerprint density at radius 3 is 2.64 bits per heavy atom. The Morgan fingerprint density at radius 2 is 1.92 bits per heavy atom. The summed E-state index contributed by atoms with van der Waals surface area (Å²) in [4.78, 5) is 18.7. The van der Waals surface area contributed by atoms with Crippen molar-refractivity contribution in [3.63, 3.8) is 0 Å². The average Bonchev–Trinajstić information content (AvgIpc) is 3.22. The lowest BCUT2D eigenvalue weighted by molar-refractivity contribution is 0.557. The summed E-state index contributed by atoms with van der Waals surface area (Å²) in [5.41, 5.74) is 2.74. The van der Waals surface area contributed by atoms with E-state index in [0.29, 0.717) is 18.7 Å². The van der Waals surface area contributed by atoms with Crippen LogP contribution in [0.3, 0.4) is 0 Å². The number of hydrogen-bond donors (Lipinski definition) is 0. The number of rotatable bonds is 4. The molecule has 126 valence electrons.